The number of para-hydroxylation sites is 3. The van der Waals surface area contributed by atoms with Crippen LogP contribution in [0.25, 0.3) is 33.1 Å². The average molecular weight is 404 g/mol. The van der Waals surface area contributed by atoms with Crippen molar-refractivity contribution >= 4 is 27.8 Å². The number of imidazole rings is 1. The standard InChI is InChI=1S/C26H20N4O/c31-26(25-28-22-12-6-7-13-23(22)29-25)30-15-19(16-30)24-20(17-8-2-1-3-9-17)14-18-10-4-5-11-21(18)27-24/h1-14,19H,15-16H2,(H,28,29). The van der Waals surface area contributed by atoms with E-state index in [9.17, 15) is 4.79 Å². The lowest BCUT2D eigenvalue weighted by Gasteiger charge is -2.39. The van der Waals surface area contributed by atoms with E-state index in [-0.39, 0.29) is 11.8 Å². The summed E-state index contributed by atoms with van der Waals surface area (Å²) in [6.45, 7) is 1.28. The van der Waals surface area contributed by atoms with Crippen molar-refractivity contribution in [2.45, 2.75) is 5.92 Å². The largest absolute Gasteiger partial charge is 0.335 e. The van der Waals surface area contributed by atoms with E-state index in [1.54, 1.807) is 0 Å². The second-order valence-corrected chi connectivity index (χ2v) is 7.99. The lowest BCUT2D eigenvalue weighted by Crippen LogP contribution is -2.49. The molecule has 150 valence electrons. The summed E-state index contributed by atoms with van der Waals surface area (Å²) in [5.41, 5.74) is 6.02. The monoisotopic (exact) mass is 404 g/mol. The number of fused-ring (bicyclic) bond motifs is 2. The summed E-state index contributed by atoms with van der Waals surface area (Å²) in [5, 5.41) is 1.12. The SMILES string of the molecule is O=C(c1nc2ccccc2[nH]1)N1CC(c2nc3ccccc3cc2-c2ccccc2)C1. The molecule has 0 bridgehead atoms. The molecule has 1 aliphatic rings. The van der Waals surface area contributed by atoms with Crippen LogP contribution < -0.4 is 0 Å². The van der Waals surface area contributed by atoms with Crippen LogP contribution in [-0.2, 0) is 0 Å². The highest BCUT2D eigenvalue weighted by molar-refractivity contribution is 5.95. The number of aromatic nitrogens is 3. The second-order valence-electron chi connectivity index (χ2n) is 7.99. The predicted molar refractivity (Wildman–Crippen MR) is 122 cm³/mol. The number of likely N-dealkylation sites (tertiary alicyclic amines) is 1. The van der Waals surface area contributed by atoms with Crippen LogP contribution in [0, 0.1) is 0 Å². The van der Waals surface area contributed by atoms with Gasteiger partial charge in [0.15, 0.2) is 5.82 Å². The highest BCUT2D eigenvalue weighted by Gasteiger charge is 2.36. The van der Waals surface area contributed by atoms with Gasteiger partial charge in [0.05, 0.1) is 22.2 Å². The first-order valence-corrected chi connectivity index (χ1v) is 10.5. The molecule has 1 fully saturated rings. The minimum absolute atomic E-state index is 0.0606. The molecule has 3 heterocycles. The van der Waals surface area contributed by atoms with Gasteiger partial charge in [-0.3, -0.25) is 9.78 Å². The van der Waals surface area contributed by atoms with Crippen LogP contribution in [0.4, 0.5) is 0 Å². The summed E-state index contributed by atoms with van der Waals surface area (Å²) >= 11 is 0. The third-order valence-electron chi connectivity index (χ3n) is 5.99. The van der Waals surface area contributed by atoms with E-state index in [4.69, 9.17) is 4.98 Å². The van der Waals surface area contributed by atoms with Crippen molar-refractivity contribution in [3.05, 3.63) is 96.4 Å². The first-order valence-electron chi connectivity index (χ1n) is 10.5. The quantitative estimate of drug-likeness (QED) is 0.459. The Hall–Kier alpha value is -3.99. The Morgan fingerprint density at radius 3 is 2.35 bits per heavy atom. The lowest BCUT2D eigenvalue weighted by molar-refractivity contribution is 0.0588. The van der Waals surface area contributed by atoms with E-state index in [1.807, 2.05) is 65.6 Å². The number of hydrogen-bond donors (Lipinski definition) is 1. The normalized spacial score (nSPS) is 14.1. The van der Waals surface area contributed by atoms with E-state index in [1.165, 1.54) is 0 Å². The van der Waals surface area contributed by atoms with Crippen molar-refractivity contribution in [1.29, 1.82) is 0 Å². The zero-order valence-corrected chi connectivity index (χ0v) is 16.8. The summed E-state index contributed by atoms with van der Waals surface area (Å²) in [7, 11) is 0. The van der Waals surface area contributed by atoms with Gasteiger partial charge < -0.3 is 9.88 Å². The maximum atomic E-state index is 13.0. The van der Waals surface area contributed by atoms with Gasteiger partial charge in [-0.2, -0.15) is 0 Å². The van der Waals surface area contributed by atoms with Crippen LogP contribution in [0.1, 0.15) is 22.2 Å². The Bertz CT molecular complexity index is 1380. The van der Waals surface area contributed by atoms with Crippen LogP contribution in [0.15, 0.2) is 84.9 Å². The third kappa shape index (κ3) is 3.06. The van der Waals surface area contributed by atoms with Crippen LogP contribution >= 0.6 is 0 Å². The van der Waals surface area contributed by atoms with Gasteiger partial charge in [0.2, 0.25) is 0 Å². The molecule has 0 atom stereocenters. The molecule has 1 saturated heterocycles. The molecule has 2 aromatic heterocycles. The Labute approximate surface area is 179 Å². The number of aromatic amines is 1. The first kappa shape index (κ1) is 17.8. The van der Waals surface area contributed by atoms with Gasteiger partial charge >= 0.3 is 0 Å². The Balaban J connectivity index is 1.31. The fraction of sp³-hybridized carbons (Fsp3) is 0.115. The minimum atomic E-state index is -0.0606. The molecule has 6 rings (SSSR count). The van der Waals surface area contributed by atoms with Crippen molar-refractivity contribution in [2.24, 2.45) is 0 Å². The van der Waals surface area contributed by atoms with Gasteiger partial charge in [0, 0.05) is 30.0 Å². The maximum Gasteiger partial charge on any atom is 0.289 e. The summed E-state index contributed by atoms with van der Waals surface area (Å²) in [4.78, 5) is 27.4. The van der Waals surface area contributed by atoms with E-state index < -0.39 is 0 Å². The van der Waals surface area contributed by atoms with Gasteiger partial charge in [-0.1, -0.05) is 60.7 Å². The highest BCUT2D eigenvalue weighted by Crippen LogP contribution is 2.36. The number of benzene rings is 3. The molecule has 5 nitrogen and oxygen atoms in total. The van der Waals surface area contributed by atoms with Crippen LogP contribution in [-0.4, -0.2) is 38.8 Å². The van der Waals surface area contributed by atoms with E-state index in [2.05, 4.69) is 34.2 Å². The van der Waals surface area contributed by atoms with Gasteiger partial charge in [0.1, 0.15) is 0 Å². The topological polar surface area (TPSA) is 61.9 Å². The minimum Gasteiger partial charge on any atom is -0.335 e. The highest BCUT2D eigenvalue weighted by atomic mass is 16.2. The summed E-state index contributed by atoms with van der Waals surface area (Å²) in [5.74, 6) is 0.539. The number of H-pyrrole nitrogens is 1. The maximum absolute atomic E-state index is 13.0. The molecule has 1 aliphatic heterocycles. The Morgan fingerprint density at radius 2 is 1.55 bits per heavy atom. The average Bonchev–Trinajstić information content (AvgIpc) is 3.22. The zero-order valence-electron chi connectivity index (χ0n) is 16.8. The lowest BCUT2D eigenvalue weighted by atomic mass is 9.89. The molecule has 0 spiro atoms. The Morgan fingerprint density at radius 1 is 0.839 bits per heavy atom. The van der Waals surface area contributed by atoms with Crippen molar-refractivity contribution in [3.8, 4) is 11.1 Å². The fourth-order valence-electron chi connectivity index (χ4n) is 4.31. The molecule has 0 unspecified atom stereocenters. The van der Waals surface area contributed by atoms with Gasteiger partial charge in [-0.15, -0.1) is 0 Å². The number of pyridine rings is 1. The van der Waals surface area contributed by atoms with Crippen LogP contribution in [0.5, 0.6) is 0 Å². The molecular formula is C26H20N4O. The molecule has 5 heteroatoms. The van der Waals surface area contributed by atoms with Crippen LogP contribution in [0.3, 0.4) is 0 Å². The summed E-state index contributed by atoms with van der Waals surface area (Å²) in [6, 6.07) is 28.5. The molecule has 1 N–H and O–H groups in total. The smallest absolute Gasteiger partial charge is 0.289 e. The molecule has 3 aromatic carbocycles. The molecule has 0 radical (unpaired) electrons. The van der Waals surface area contributed by atoms with Crippen molar-refractivity contribution in [1.82, 2.24) is 19.9 Å². The van der Waals surface area contributed by atoms with Crippen molar-refractivity contribution in [3.63, 3.8) is 0 Å². The third-order valence-corrected chi connectivity index (χ3v) is 5.99. The van der Waals surface area contributed by atoms with E-state index in [0.717, 1.165) is 38.8 Å². The number of nitrogens with zero attached hydrogens (tertiary/aromatic N) is 3. The summed E-state index contributed by atoms with van der Waals surface area (Å²) < 4.78 is 0. The molecule has 0 saturated carbocycles. The fourth-order valence-corrected chi connectivity index (χ4v) is 4.31. The number of rotatable bonds is 3. The number of hydrogen-bond acceptors (Lipinski definition) is 3. The van der Waals surface area contributed by atoms with Crippen molar-refractivity contribution in [2.75, 3.05) is 13.1 Å². The first-order chi connectivity index (χ1) is 15.3. The molecule has 5 aromatic rings. The van der Waals surface area contributed by atoms with Gasteiger partial charge in [-0.05, 0) is 29.8 Å². The molecule has 0 aliphatic carbocycles. The van der Waals surface area contributed by atoms with Crippen LogP contribution in [0.2, 0.25) is 0 Å². The number of nitrogens with one attached hydrogen (secondary N) is 1. The second kappa shape index (κ2) is 7.06. The number of carbonyl (C=O) groups excluding carboxylic acids is 1. The molecule has 31 heavy (non-hydrogen) atoms. The van der Waals surface area contributed by atoms with Crippen molar-refractivity contribution < 1.29 is 4.79 Å². The molecule has 1 amide bonds. The van der Waals surface area contributed by atoms with Gasteiger partial charge in [-0.25, -0.2) is 4.98 Å². The Kier molecular flexibility index (Phi) is 4.06. The summed E-state index contributed by atoms with van der Waals surface area (Å²) in [6.07, 6.45) is 0. The van der Waals surface area contributed by atoms with E-state index >= 15 is 0 Å². The number of amides is 1. The molecular weight excluding hydrogens is 384 g/mol. The van der Waals surface area contributed by atoms with E-state index in [0.29, 0.717) is 18.9 Å². The predicted octanol–water partition coefficient (Wildman–Crippen LogP) is 5.02. The van der Waals surface area contributed by atoms with Gasteiger partial charge in [0.25, 0.3) is 5.91 Å². The number of carbonyl (C=O) groups is 1. The zero-order chi connectivity index (χ0) is 20.8.